The number of carbonyl (C=O) groups excluding carboxylic acids is 1. The number of aromatic nitrogens is 1. The molecule has 0 N–H and O–H groups in total. The monoisotopic (exact) mass is 205 g/mol. The third kappa shape index (κ3) is 2.35. The molecule has 15 heavy (non-hydrogen) atoms. The lowest BCUT2D eigenvalue weighted by Gasteiger charge is -2.11. The Morgan fingerprint density at radius 3 is 2.87 bits per heavy atom. The largest absolute Gasteiger partial charge is 0.474 e. The number of nitrogens with zero attached hydrogens (tertiary/aromatic N) is 1. The zero-order valence-electron chi connectivity index (χ0n) is 9.06. The highest BCUT2D eigenvalue weighted by molar-refractivity contribution is 6.01. The number of rotatable bonds is 4. The Morgan fingerprint density at radius 2 is 2.27 bits per heavy atom. The van der Waals surface area contributed by atoms with Crippen LogP contribution in [0, 0.1) is 5.92 Å². The van der Waals surface area contributed by atoms with E-state index in [1.165, 1.54) is 0 Å². The van der Waals surface area contributed by atoms with Crippen LogP contribution >= 0.6 is 0 Å². The van der Waals surface area contributed by atoms with E-state index in [0.717, 1.165) is 12.8 Å². The molecule has 0 unspecified atom stereocenters. The predicted molar refractivity (Wildman–Crippen MR) is 57.1 cm³/mol. The second-order valence-electron chi connectivity index (χ2n) is 4.16. The number of ketones is 1. The molecule has 2 rings (SSSR count). The first-order valence-corrected chi connectivity index (χ1v) is 5.34. The van der Waals surface area contributed by atoms with E-state index in [2.05, 4.69) is 4.98 Å². The van der Waals surface area contributed by atoms with Crippen LogP contribution in [0.15, 0.2) is 18.3 Å². The average Bonchev–Trinajstić information content (AvgIpc) is 3.00. The van der Waals surface area contributed by atoms with Crippen LogP contribution in [-0.2, 0) is 0 Å². The van der Waals surface area contributed by atoms with E-state index in [4.69, 9.17) is 4.74 Å². The number of pyridine rings is 1. The van der Waals surface area contributed by atoms with Crippen molar-refractivity contribution in [2.45, 2.75) is 32.8 Å². The summed E-state index contributed by atoms with van der Waals surface area (Å²) >= 11 is 0. The van der Waals surface area contributed by atoms with Crippen LogP contribution < -0.4 is 4.74 Å². The van der Waals surface area contributed by atoms with Crippen LogP contribution in [0.2, 0.25) is 0 Å². The molecule has 1 heterocycles. The van der Waals surface area contributed by atoms with Gasteiger partial charge in [0, 0.05) is 12.1 Å². The summed E-state index contributed by atoms with van der Waals surface area (Å²) in [6.07, 6.45) is 3.72. The van der Waals surface area contributed by atoms with Crippen LogP contribution in [-0.4, -0.2) is 16.9 Å². The summed E-state index contributed by atoms with van der Waals surface area (Å²) in [6.45, 7) is 3.86. The van der Waals surface area contributed by atoms with E-state index in [1.807, 2.05) is 13.8 Å². The van der Waals surface area contributed by atoms with E-state index in [0.29, 0.717) is 11.4 Å². The maximum absolute atomic E-state index is 11.9. The lowest BCUT2D eigenvalue weighted by molar-refractivity contribution is 0.0960. The molecule has 3 heteroatoms. The number of carbonyl (C=O) groups is 1. The third-order valence-corrected chi connectivity index (χ3v) is 2.33. The van der Waals surface area contributed by atoms with Crippen molar-refractivity contribution in [3.8, 4) is 5.88 Å². The molecule has 0 saturated heterocycles. The molecule has 0 atom stereocenters. The van der Waals surface area contributed by atoms with Crippen molar-refractivity contribution in [2.75, 3.05) is 0 Å². The van der Waals surface area contributed by atoms with Gasteiger partial charge in [0.15, 0.2) is 5.78 Å². The molecule has 1 aromatic rings. The average molecular weight is 205 g/mol. The van der Waals surface area contributed by atoms with Gasteiger partial charge in [-0.2, -0.15) is 0 Å². The van der Waals surface area contributed by atoms with Crippen molar-refractivity contribution in [1.29, 1.82) is 0 Å². The predicted octanol–water partition coefficient (Wildman–Crippen LogP) is 2.46. The summed E-state index contributed by atoms with van der Waals surface area (Å²) in [7, 11) is 0. The van der Waals surface area contributed by atoms with Gasteiger partial charge >= 0.3 is 0 Å². The number of hydrogen-bond acceptors (Lipinski definition) is 3. The van der Waals surface area contributed by atoms with Crippen LogP contribution in [0.25, 0.3) is 0 Å². The van der Waals surface area contributed by atoms with Gasteiger partial charge < -0.3 is 4.74 Å². The fraction of sp³-hybridized carbons (Fsp3) is 0.500. The number of ether oxygens (including phenoxy) is 1. The first-order valence-electron chi connectivity index (χ1n) is 5.34. The van der Waals surface area contributed by atoms with E-state index in [-0.39, 0.29) is 17.8 Å². The van der Waals surface area contributed by atoms with Crippen molar-refractivity contribution < 1.29 is 9.53 Å². The molecule has 1 aromatic heterocycles. The zero-order chi connectivity index (χ0) is 10.8. The molecule has 0 spiro atoms. The highest BCUT2D eigenvalue weighted by Crippen LogP contribution is 2.34. The van der Waals surface area contributed by atoms with Gasteiger partial charge in [-0.15, -0.1) is 0 Å². The molecule has 1 aliphatic rings. The van der Waals surface area contributed by atoms with E-state index < -0.39 is 0 Å². The maximum atomic E-state index is 11.9. The van der Waals surface area contributed by atoms with Gasteiger partial charge in [-0.1, -0.05) is 0 Å². The lowest BCUT2D eigenvalue weighted by Crippen LogP contribution is -2.12. The standard InChI is InChI=1S/C12H15NO2/c1-8(2)15-12-10(4-3-7-13-12)11(14)9-5-6-9/h3-4,7-9H,5-6H2,1-2H3. The van der Waals surface area contributed by atoms with Gasteiger partial charge in [-0.25, -0.2) is 4.98 Å². The Bertz CT molecular complexity index is 370. The van der Waals surface area contributed by atoms with Gasteiger partial charge in [0.2, 0.25) is 5.88 Å². The first-order chi connectivity index (χ1) is 7.18. The Kier molecular flexibility index (Phi) is 2.71. The molecule has 80 valence electrons. The Labute approximate surface area is 89.5 Å². The molecular weight excluding hydrogens is 190 g/mol. The SMILES string of the molecule is CC(C)Oc1ncccc1C(=O)C1CC1. The van der Waals surface area contributed by atoms with Gasteiger partial charge in [-0.05, 0) is 38.8 Å². The molecule has 1 aliphatic carbocycles. The summed E-state index contributed by atoms with van der Waals surface area (Å²) in [5.74, 6) is 0.867. The minimum Gasteiger partial charge on any atom is -0.474 e. The molecule has 0 aromatic carbocycles. The van der Waals surface area contributed by atoms with Crippen LogP contribution in [0.4, 0.5) is 0 Å². The summed E-state index contributed by atoms with van der Waals surface area (Å²) in [6, 6.07) is 3.58. The van der Waals surface area contributed by atoms with Crippen molar-refractivity contribution in [1.82, 2.24) is 4.98 Å². The summed E-state index contributed by atoms with van der Waals surface area (Å²) in [5.41, 5.74) is 0.633. The van der Waals surface area contributed by atoms with Crippen molar-refractivity contribution >= 4 is 5.78 Å². The molecule has 1 saturated carbocycles. The number of Topliss-reactive ketones (excluding diaryl/α,β-unsaturated/α-hetero) is 1. The Hall–Kier alpha value is -1.38. The van der Waals surface area contributed by atoms with E-state index >= 15 is 0 Å². The quantitative estimate of drug-likeness (QED) is 0.709. The molecule has 1 fully saturated rings. The van der Waals surface area contributed by atoms with E-state index in [9.17, 15) is 4.79 Å². The second-order valence-corrected chi connectivity index (χ2v) is 4.16. The molecule has 0 aliphatic heterocycles. The van der Waals surface area contributed by atoms with Crippen LogP contribution in [0.5, 0.6) is 5.88 Å². The fourth-order valence-corrected chi connectivity index (χ4v) is 1.46. The summed E-state index contributed by atoms with van der Waals surface area (Å²) < 4.78 is 5.51. The molecular formula is C12H15NO2. The fourth-order valence-electron chi connectivity index (χ4n) is 1.46. The molecule has 0 amide bonds. The minimum absolute atomic E-state index is 0.0469. The van der Waals surface area contributed by atoms with Crippen molar-refractivity contribution in [3.05, 3.63) is 23.9 Å². The first kappa shape index (κ1) is 10.1. The normalized spacial score (nSPS) is 15.4. The summed E-state index contributed by atoms with van der Waals surface area (Å²) in [4.78, 5) is 16.0. The highest BCUT2D eigenvalue weighted by Gasteiger charge is 2.32. The second kappa shape index (κ2) is 4.01. The lowest BCUT2D eigenvalue weighted by atomic mass is 10.1. The molecule has 0 radical (unpaired) electrons. The Balaban J connectivity index is 2.24. The minimum atomic E-state index is 0.0469. The van der Waals surface area contributed by atoms with Crippen molar-refractivity contribution in [3.63, 3.8) is 0 Å². The summed E-state index contributed by atoms with van der Waals surface area (Å²) in [5, 5.41) is 0. The zero-order valence-corrected chi connectivity index (χ0v) is 9.06. The van der Waals surface area contributed by atoms with E-state index in [1.54, 1.807) is 18.3 Å². The molecule has 3 nitrogen and oxygen atoms in total. The van der Waals surface area contributed by atoms with Crippen molar-refractivity contribution in [2.24, 2.45) is 5.92 Å². The van der Waals surface area contributed by atoms with Gasteiger partial charge in [-0.3, -0.25) is 4.79 Å². The van der Waals surface area contributed by atoms with Gasteiger partial charge in [0.1, 0.15) is 0 Å². The van der Waals surface area contributed by atoms with Gasteiger partial charge in [0.25, 0.3) is 0 Å². The Morgan fingerprint density at radius 1 is 1.53 bits per heavy atom. The molecule has 0 bridgehead atoms. The van der Waals surface area contributed by atoms with Crippen LogP contribution in [0.1, 0.15) is 37.0 Å². The third-order valence-electron chi connectivity index (χ3n) is 2.33. The van der Waals surface area contributed by atoms with Crippen LogP contribution in [0.3, 0.4) is 0 Å². The highest BCUT2D eigenvalue weighted by atomic mass is 16.5. The maximum Gasteiger partial charge on any atom is 0.224 e. The topological polar surface area (TPSA) is 39.2 Å². The smallest absolute Gasteiger partial charge is 0.224 e. The van der Waals surface area contributed by atoms with Gasteiger partial charge in [0.05, 0.1) is 11.7 Å². The number of hydrogen-bond donors (Lipinski definition) is 0.